The second-order valence-corrected chi connectivity index (χ2v) is 7.19. The number of benzene rings is 2. The van der Waals surface area contributed by atoms with E-state index >= 15 is 0 Å². The normalized spacial score (nSPS) is 14.9. The van der Waals surface area contributed by atoms with Crippen LogP contribution in [0.15, 0.2) is 57.9 Å². The molecule has 2 heterocycles. The highest BCUT2D eigenvalue weighted by molar-refractivity contribution is 5.82. The van der Waals surface area contributed by atoms with Crippen LogP contribution in [0.2, 0.25) is 0 Å². The molecule has 6 nitrogen and oxygen atoms in total. The van der Waals surface area contributed by atoms with Crippen LogP contribution in [-0.2, 0) is 4.74 Å². The van der Waals surface area contributed by atoms with Crippen molar-refractivity contribution in [1.29, 1.82) is 0 Å². The molecular formula is C23H25NO5. The zero-order chi connectivity index (χ0) is 20.1. The average molecular weight is 395 g/mol. The second-order valence-electron chi connectivity index (χ2n) is 7.19. The molecule has 29 heavy (non-hydrogen) atoms. The number of fused-ring (bicyclic) bond motifs is 1. The maximum atomic E-state index is 12.7. The van der Waals surface area contributed by atoms with Crippen LogP contribution in [-0.4, -0.2) is 49.5 Å². The summed E-state index contributed by atoms with van der Waals surface area (Å²) in [5.74, 6) is 0.857. The maximum absolute atomic E-state index is 12.7. The molecule has 4 rings (SSSR count). The number of hydrogen-bond donors (Lipinski definition) is 1. The third-order valence-corrected chi connectivity index (χ3v) is 5.16. The Morgan fingerprint density at radius 2 is 1.83 bits per heavy atom. The lowest BCUT2D eigenvalue weighted by Gasteiger charge is -2.26. The number of phenolic OH excluding ortho intramolecular Hbond substituents is 1. The summed E-state index contributed by atoms with van der Waals surface area (Å²) in [6.07, 6.45) is 3.54. The van der Waals surface area contributed by atoms with E-state index in [2.05, 4.69) is 4.90 Å². The predicted octanol–water partition coefficient (Wildman–Crippen LogP) is 3.66. The van der Waals surface area contributed by atoms with Gasteiger partial charge >= 0.3 is 0 Å². The summed E-state index contributed by atoms with van der Waals surface area (Å²) in [5, 5.41) is 9.97. The van der Waals surface area contributed by atoms with Crippen molar-refractivity contribution in [3.63, 3.8) is 0 Å². The lowest BCUT2D eigenvalue weighted by Crippen LogP contribution is -2.36. The van der Waals surface area contributed by atoms with Crippen LogP contribution in [0.3, 0.4) is 0 Å². The molecule has 152 valence electrons. The topological polar surface area (TPSA) is 72.1 Å². The Balaban J connectivity index is 1.33. The third kappa shape index (κ3) is 4.78. The van der Waals surface area contributed by atoms with E-state index in [4.69, 9.17) is 13.9 Å². The Morgan fingerprint density at radius 1 is 1.03 bits per heavy atom. The molecule has 0 bridgehead atoms. The number of rotatable bonds is 7. The van der Waals surface area contributed by atoms with Crippen LogP contribution in [0, 0.1) is 0 Å². The molecule has 1 saturated heterocycles. The first kappa shape index (κ1) is 19.5. The Kier molecular flexibility index (Phi) is 6.12. The van der Waals surface area contributed by atoms with Crippen molar-refractivity contribution in [2.45, 2.75) is 12.8 Å². The molecule has 0 saturated carbocycles. The monoisotopic (exact) mass is 395 g/mol. The van der Waals surface area contributed by atoms with Crippen molar-refractivity contribution in [2.75, 3.05) is 39.5 Å². The van der Waals surface area contributed by atoms with Crippen molar-refractivity contribution in [3.05, 3.63) is 59.0 Å². The van der Waals surface area contributed by atoms with E-state index in [0.717, 1.165) is 57.0 Å². The summed E-state index contributed by atoms with van der Waals surface area (Å²) in [6, 6.07) is 12.0. The highest BCUT2D eigenvalue weighted by Crippen LogP contribution is 2.24. The molecule has 2 aromatic carbocycles. The van der Waals surface area contributed by atoms with Gasteiger partial charge in [-0.3, -0.25) is 9.69 Å². The molecule has 1 aliphatic rings. The van der Waals surface area contributed by atoms with E-state index in [-0.39, 0.29) is 11.2 Å². The molecule has 0 radical (unpaired) electrons. The fourth-order valence-corrected chi connectivity index (χ4v) is 3.50. The summed E-state index contributed by atoms with van der Waals surface area (Å²) >= 11 is 0. The van der Waals surface area contributed by atoms with Gasteiger partial charge in [0.25, 0.3) is 0 Å². The third-order valence-electron chi connectivity index (χ3n) is 5.16. The van der Waals surface area contributed by atoms with Crippen LogP contribution >= 0.6 is 0 Å². The van der Waals surface area contributed by atoms with Gasteiger partial charge in [0.1, 0.15) is 23.3 Å². The number of hydrogen-bond acceptors (Lipinski definition) is 6. The van der Waals surface area contributed by atoms with E-state index in [0.29, 0.717) is 23.1 Å². The summed E-state index contributed by atoms with van der Waals surface area (Å²) < 4.78 is 16.7. The first-order valence-corrected chi connectivity index (χ1v) is 9.98. The van der Waals surface area contributed by atoms with Gasteiger partial charge in [-0.2, -0.15) is 0 Å². The zero-order valence-electron chi connectivity index (χ0n) is 16.3. The molecule has 0 atom stereocenters. The van der Waals surface area contributed by atoms with Crippen LogP contribution in [0.25, 0.3) is 22.1 Å². The zero-order valence-corrected chi connectivity index (χ0v) is 16.3. The highest BCUT2D eigenvalue weighted by atomic mass is 16.5. The standard InChI is InChI=1S/C23H25NO5/c25-18-5-8-20-22(15-18)29-16-21(23(20)26)17-3-6-19(7-4-17)28-12-2-1-9-24-10-13-27-14-11-24/h3-8,15-16,25H,1-2,9-14H2. The van der Waals surface area contributed by atoms with Crippen LogP contribution in [0.1, 0.15) is 12.8 Å². The van der Waals surface area contributed by atoms with Crippen molar-refractivity contribution in [3.8, 4) is 22.6 Å². The largest absolute Gasteiger partial charge is 0.508 e. The van der Waals surface area contributed by atoms with Gasteiger partial charge < -0.3 is 19.0 Å². The van der Waals surface area contributed by atoms with E-state index in [1.54, 1.807) is 6.07 Å². The Morgan fingerprint density at radius 3 is 2.62 bits per heavy atom. The average Bonchev–Trinajstić information content (AvgIpc) is 2.75. The van der Waals surface area contributed by atoms with Gasteiger partial charge in [0, 0.05) is 19.2 Å². The molecule has 1 N–H and O–H groups in total. The lowest BCUT2D eigenvalue weighted by atomic mass is 10.1. The van der Waals surface area contributed by atoms with Gasteiger partial charge in [-0.1, -0.05) is 12.1 Å². The number of aromatic hydroxyl groups is 1. The molecule has 1 aliphatic heterocycles. The van der Waals surface area contributed by atoms with E-state index in [1.807, 2.05) is 24.3 Å². The van der Waals surface area contributed by atoms with Gasteiger partial charge in [0.05, 0.1) is 30.8 Å². The van der Waals surface area contributed by atoms with Crippen LogP contribution in [0.4, 0.5) is 0 Å². The maximum Gasteiger partial charge on any atom is 0.200 e. The summed E-state index contributed by atoms with van der Waals surface area (Å²) in [4.78, 5) is 15.1. The predicted molar refractivity (Wildman–Crippen MR) is 112 cm³/mol. The van der Waals surface area contributed by atoms with Crippen molar-refractivity contribution in [2.24, 2.45) is 0 Å². The number of unbranched alkanes of at least 4 members (excludes halogenated alkanes) is 1. The fraction of sp³-hybridized carbons (Fsp3) is 0.348. The van der Waals surface area contributed by atoms with Gasteiger partial charge in [-0.05, 0) is 49.2 Å². The van der Waals surface area contributed by atoms with Gasteiger partial charge in [0.15, 0.2) is 5.43 Å². The smallest absolute Gasteiger partial charge is 0.200 e. The highest BCUT2D eigenvalue weighted by Gasteiger charge is 2.11. The van der Waals surface area contributed by atoms with Crippen molar-refractivity contribution >= 4 is 11.0 Å². The minimum absolute atomic E-state index is 0.0693. The summed E-state index contributed by atoms with van der Waals surface area (Å²) in [7, 11) is 0. The number of nitrogens with zero attached hydrogens (tertiary/aromatic N) is 1. The first-order chi connectivity index (χ1) is 14.2. The SMILES string of the molecule is O=c1c(-c2ccc(OCCCCN3CCOCC3)cc2)coc2cc(O)ccc12. The molecule has 3 aromatic rings. The van der Waals surface area contributed by atoms with Gasteiger partial charge in [-0.25, -0.2) is 0 Å². The second kappa shape index (κ2) is 9.11. The molecule has 1 aromatic heterocycles. The first-order valence-electron chi connectivity index (χ1n) is 9.98. The Labute approximate surface area is 169 Å². The lowest BCUT2D eigenvalue weighted by molar-refractivity contribution is 0.0368. The van der Waals surface area contributed by atoms with Crippen molar-refractivity contribution in [1.82, 2.24) is 4.90 Å². The number of phenols is 1. The van der Waals surface area contributed by atoms with E-state index < -0.39 is 0 Å². The molecule has 6 heteroatoms. The van der Waals surface area contributed by atoms with Gasteiger partial charge in [-0.15, -0.1) is 0 Å². The molecule has 1 fully saturated rings. The molecule has 0 unspecified atom stereocenters. The van der Waals surface area contributed by atoms with Gasteiger partial charge in [0.2, 0.25) is 0 Å². The summed E-state index contributed by atoms with van der Waals surface area (Å²) in [6.45, 7) is 5.46. The minimum atomic E-state index is -0.122. The minimum Gasteiger partial charge on any atom is -0.508 e. The molecule has 0 aliphatic carbocycles. The Hall–Kier alpha value is -2.83. The molecule has 0 spiro atoms. The molecular weight excluding hydrogens is 370 g/mol. The van der Waals surface area contributed by atoms with Crippen LogP contribution in [0.5, 0.6) is 11.5 Å². The number of morpholine rings is 1. The van der Waals surface area contributed by atoms with E-state index in [9.17, 15) is 9.90 Å². The van der Waals surface area contributed by atoms with Crippen LogP contribution < -0.4 is 10.2 Å². The quantitative estimate of drug-likeness (QED) is 0.616. The number of ether oxygens (including phenoxy) is 2. The molecule has 0 amide bonds. The van der Waals surface area contributed by atoms with Crippen molar-refractivity contribution < 1.29 is 19.0 Å². The fourth-order valence-electron chi connectivity index (χ4n) is 3.50. The summed E-state index contributed by atoms with van der Waals surface area (Å²) in [5.41, 5.74) is 1.51. The van der Waals surface area contributed by atoms with E-state index in [1.165, 1.54) is 18.4 Å². The Bertz CT molecular complexity index is 1010.